The normalized spacial score (nSPS) is 28.2. The molecule has 17 heavy (non-hydrogen) atoms. The van der Waals surface area contributed by atoms with Crippen molar-refractivity contribution in [3.63, 3.8) is 0 Å². The maximum atomic E-state index is 12.3. The van der Waals surface area contributed by atoms with Crippen LogP contribution in [-0.2, 0) is 4.79 Å². The van der Waals surface area contributed by atoms with Crippen LogP contribution in [0, 0.1) is 0 Å². The lowest BCUT2D eigenvalue weighted by Crippen LogP contribution is -2.18. The molecular formula is C14H13NOS. The molecule has 0 aliphatic carbocycles. The molecule has 3 rings (SSSR count). The number of thiol groups is 1. The van der Waals surface area contributed by atoms with E-state index >= 15 is 0 Å². The van der Waals surface area contributed by atoms with Crippen molar-refractivity contribution >= 4 is 22.9 Å². The average molecular weight is 243 g/mol. The highest BCUT2D eigenvalue weighted by molar-refractivity contribution is 8.23. The van der Waals surface area contributed by atoms with E-state index in [1.807, 2.05) is 48.7 Å². The zero-order valence-corrected chi connectivity index (χ0v) is 10.1. The topological polar surface area (TPSA) is 29.4 Å². The van der Waals surface area contributed by atoms with Crippen LogP contribution in [0.4, 0.5) is 0 Å². The van der Waals surface area contributed by atoms with E-state index in [1.165, 1.54) is 0 Å². The Bertz CT molecular complexity index is 506. The number of rotatable bonds is 2. The van der Waals surface area contributed by atoms with Crippen molar-refractivity contribution in [1.82, 2.24) is 0 Å². The van der Waals surface area contributed by atoms with E-state index in [0.717, 1.165) is 5.56 Å². The summed E-state index contributed by atoms with van der Waals surface area (Å²) >= 11 is 0. The highest BCUT2D eigenvalue weighted by atomic mass is 32.2. The summed E-state index contributed by atoms with van der Waals surface area (Å²) in [4.78, 5) is 16.7. The molecule has 0 spiro atoms. The van der Waals surface area contributed by atoms with Crippen molar-refractivity contribution in [3.8, 4) is 0 Å². The van der Waals surface area contributed by atoms with Gasteiger partial charge >= 0.3 is 0 Å². The SMILES string of the molecule is O=C1C(c2ccccc2)C=NC1[SH]1C=CC=C1. The molecule has 0 bridgehead atoms. The van der Waals surface area contributed by atoms with Gasteiger partial charge in [-0.15, -0.1) is 0 Å². The van der Waals surface area contributed by atoms with E-state index in [-0.39, 0.29) is 17.1 Å². The molecule has 2 heterocycles. The van der Waals surface area contributed by atoms with Crippen LogP contribution in [0.1, 0.15) is 11.5 Å². The molecule has 2 nitrogen and oxygen atoms in total. The van der Waals surface area contributed by atoms with Crippen LogP contribution in [0.15, 0.2) is 58.3 Å². The summed E-state index contributed by atoms with van der Waals surface area (Å²) in [5.41, 5.74) is 1.05. The Kier molecular flexibility index (Phi) is 2.69. The number of benzene rings is 1. The molecule has 0 saturated carbocycles. The Morgan fingerprint density at radius 2 is 1.76 bits per heavy atom. The average Bonchev–Trinajstić information content (AvgIpc) is 2.99. The van der Waals surface area contributed by atoms with E-state index in [1.54, 1.807) is 0 Å². The van der Waals surface area contributed by atoms with E-state index in [4.69, 9.17) is 0 Å². The molecule has 2 aliphatic heterocycles. The predicted octanol–water partition coefficient (Wildman–Crippen LogP) is 2.79. The molecule has 3 heteroatoms. The van der Waals surface area contributed by atoms with Crippen molar-refractivity contribution in [2.75, 3.05) is 0 Å². The Morgan fingerprint density at radius 1 is 1.06 bits per heavy atom. The molecule has 0 fully saturated rings. The van der Waals surface area contributed by atoms with Crippen LogP contribution < -0.4 is 0 Å². The van der Waals surface area contributed by atoms with Gasteiger partial charge in [0.1, 0.15) is 5.37 Å². The lowest BCUT2D eigenvalue weighted by atomic mass is 9.98. The fourth-order valence-electron chi connectivity index (χ4n) is 2.12. The summed E-state index contributed by atoms with van der Waals surface area (Å²) in [6.45, 7) is 0. The zero-order chi connectivity index (χ0) is 11.7. The number of aliphatic imine (C=N–C) groups is 1. The second-order valence-electron chi connectivity index (χ2n) is 4.09. The second-order valence-corrected chi connectivity index (χ2v) is 6.07. The molecular weight excluding hydrogens is 230 g/mol. The summed E-state index contributed by atoms with van der Waals surface area (Å²) in [6.07, 6.45) is 5.82. The Morgan fingerprint density at radius 3 is 2.47 bits per heavy atom. The van der Waals surface area contributed by atoms with Crippen LogP contribution >= 0.6 is 10.9 Å². The first-order chi connectivity index (χ1) is 8.36. The first-order valence-corrected chi connectivity index (χ1v) is 7.15. The van der Waals surface area contributed by atoms with Crippen LogP contribution in [-0.4, -0.2) is 17.4 Å². The summed E-state index contributed by atoms with van der Waals surface area (Å²) in [6, 6.07) is 9.87. The third-order valence-corrected chi connectivity index (χ3v) is 4.99. The smallest absolute Gasteiger partial charge is 0.179 e. The predicted molar refractivity (Wildman–Crippen MR) is 73.7 cm³/mol. The Labute approximate surface area is 103 Å². The lowest BCUT2D eigenvalue weighted by Gasteiger charge is -2.16. The third kappa shape index (κ3) is 1.87. The second kappa shape index (κ2) is 4.34. The standard InChI is InChI=1S/C14H13NOS/c16-13-12(11-6-2-1-3-7-11)10-15-14(13)17-8-4-5-9-17/h1-10,12,14,17H. The number of hydrogen-bond acceptors (Lipinski definition) is 2. The lowest BCUT2D eigenvalue weighted by molar-refractivity contribution is -0.117. The van der Waals surface area contributed by atoms with Gasteiger partial charge in [-0.05, 0) is 16.4 Å². The molecule has 1 aromatic carbocycles. The van der Waals surface area contributed by atoms with Gasteiger partial charge in [0, 0.05) is 6.21 Å². The van der Waals surface area contributed by atoms with Gasteiger partial charge in [0.2, 0.25) is 0 Å². The van der Waals surface area contributed by atoms with Crippen molar-refractivity contribution < 1.29 is 4.79 Å². The fraction of sp³-hybridized carbons (Fsp3) is 0.143. The van der Waals surface area contributed by atoms with Gasteiger partial charge in [-0.25, -0.2) is 0 Å². The first-order valence-electron chi connectivity index (χ1n) is 5.61. The number of carbonyl (C=O) groups excluding carboxylic acids is 1. The highest BCUT2D eigenvalue weighted by Gasteiger charge is 2.34. The minimum atomic E-state index is -0.511. The van der Waals surface area contributed by atoms with Crippen molar-refractivity contribution in [3.05, 3.63) is 58.9 Å². The molecule has 0 saturated heterocycles. The van der Waals surface area contributed by atoms with Gasteiger partial charge in [0.05, 0.1) is 5.92 Å². The molecule has 0 radical (unpaired) electrons. The van der Waals surface area contributed by atoms with Crippen molar-refractivity contribution in [2.45, 2.75) is 11.3 Å². The number of nitrogens with zero attached hydrogens (tertiary/aromatic N) is 1. The van der Waals surface area contributed by atoms with Gasteiger partial charge in [0.25, 0.3) is 0 Å². The minimum absolute atomic E-state index is 0.147. The van der Waals surface area contributed by atoms with E-state index in [2.05, 4.69) is 15.8 Å². The van der Waals surface area contributed by atoms with Gasteiger partial charge in [-0.1, -0.05) is 42.5 Å². The van der Waals surface area contributed by atoms with Gasteiger partial charge in [-0.3, -0.25) is 9.79 Å². The summed E-state index contributed by atoms with van der Waals surface area (Å²) < 4.78 is 0. The Hall–Kier alpha value is -1.61. The minimum Gasteiger partial charge on any atom is -0.295 e. The molecule has 0 amide bonds. The summed E-state index contributed by atoms with van der Waals surface area (Å²) in [7, 11) is -0.511. The molecule has 2 aliphatic rings. The van der Waals surface area contributed by atoms with Gasteiger partial charge < -0.3 is 0 Å². The van der Waals surface area contributed by atoms with E-state index < -0.39 is 10.9 Å². The largest absolute Gasteiger partial charge is 0.295 e. The highest BCUT2D eigenvalue weighted by Crippen LogP contribution is 2.43. The molecule has 2 unspecified atom stereocenters. The van der Waals surface area contributed by atoms with Crippen molar-refractivity contribution in [1.29, 1.82) is 0 Å². The first kappa shape index (κ1) is 10.5. The zero-order valence-electron chi connectivity index (χ0n) is 9.23. The number of hydrogen-bond donors (Lipinski definition) is 1. The molecule has 86 valence electrons. The van der Waals surface area contributed by atoms with Crippen LogP contribution in [0.2, 0.25) is 0 Å². The summed E-state index contributed by atoms with van der Waals surface area (Å²) in [5, 5.41) is 4.04. The van der Waals surface area contributed by atoms with E-state index in [9.17, 15) is 4.79 Å². The number of carbonyl (C=O) groups is 1. The van der Waals surface area contributed by atoms with Gasteiger partial charge in [-0.2, -0.15) is 10.9 Å². The molecule has 0 N–H and O–H groups in total. The number of ketones is 1. The fourth-order valence-corrected chi connectivity index (χ4v) is 3.83. The molecule has 2 atom stereocenters. The maximum absolute atomic E-state index is 12.3. The van der Waals surface area contributed by atoms with Crippen LogP contribution in [0.25, 0.3) is 0 Å². The monoisotopic (exact) mass is 243 g/mol. The van der Waals surface area contributed by atoms with Crippen LogP contribution in [0.5, 0.6) is 0 Å². The molecule has 0 aromatic heterocycles. The number of Topliss-reactive ketones (excluding diaryl/α,β-unsaturated/α-hetero) is 1. The Balaban J connectivity index is 1.84. The quantitative estimate of drug-likeness (QED) is 0.795. The molecule has 1 aromatic rings. The van der Waals surface area contributed by atoms with Crippen molar-refractivity contribution in [2.24, 2.45) is 4.99 Å². The third-order valence-electron chi connectivity index (χ3n) is 3.01. The van der Waals surface area contributed by atoms with Gasteiger partial charge in [0.15, 0.2) is 5.78 Å². The summed E-state index contributed by atoms with van der Waals surface area (Å²) in [5.74, 6) is 0.0876. The van der Waals surface area contributed by atoms with Crippen LogP contribution in [0.3, 0.4) is 0 Å². The number of allylic oxidation sites excluding steroid dienone is 2. The maximum Gasteiger partial charge on any atom is 0.179 e. The van der Waals surface area contributed by atoms with E-state index in [0.29, 0.717) is 0 Å².